The number of hydrogen-bond donors (Lipinski definition) is 0. The zero-order chi connectivity index (χ0) is 16.5. The summed E-state index contributed by atoms with van der Waals surface area (Å²) in [4.78, 5) is 16.4. The van der Waals surface area contributed by atoms with Crippen LogP contribution in [0.3, 0.4) is 0 Å². The molecule has 2 aromatic rings. The van der Waals surface area contributed by atoms with Crippen molar-refractivity contribution in [1.29, 1.82) is 0 Å². The molecule has 2 rings (SSSR count). The van der Waals surface area contributed by atoms with Gasteiger partial charge in [-0.15, -0.1) is 0 Å². The molecule has 0 saturated carbocycles. The summed E-state index contributed by atoms with van der Waals surface area (Å²) in [6, 6.07) is 0. The smallest absolute Gasteiger partial charge is 0.235 e. The van der Waals surface area contributed by atoms with E-state index in [-0.39, 0.29) is 0 Å². The summed E-state index contributed by atoms with van der Waals surface area (Å²) in [6.45, 7) is 8.25. The van der Waals surface area contributed by atoms with Gasteiger partial charge in [-0.25, -0.2) is 9.97 Å². The van der Waals surface area contributed by atoms with Gasteiger partial charge in [0.2, 0.25) is 11.8 Å². The van der Waals surface area contributed by atoms with Crippen molar-refractivity contribution < 1.29 is 9.47 Å². The van der Waals surface area contributed by atoms with E-state index >= 15 is 0 Å². The number of ether oxygens (including phenoxy) is 2. The minimum atomic E-state index is 0.360. The summed E-state index contributed by atoms with van der Waals surface area (Å²) >= 11 is 0. The van der Waals surface area contributed by atoms with Crippen LogP contribution in [-0.4, -0.2) is 34.2 Å². The Morgan fingerprint density at radius 3 is 1.18 bits per heavy atom. The highest BCUT2D eigenvalue weighted by atomic mass is 16.5. The first-order chi connectivity index (χ1) is 10.5. The van der Waals surface area contributed by atoms with E-state index in [1.165, 1.54) is 0 Å². The number of nitrogens with zero attached hydrogens (tertiary/aromatic N) is 4. The molecule has 0 N–H and O–H groups in total. The average Bonchev–Trinajstić information content (AvgIpc) is 2.55. The summed E-state index contributed by atoms with van der Waals surface area (Å²) in [5.74, 6) is 1.97. The second-order valence-electron chi connectivity index (χ2n) is 5.21. The Kier molecular flexibility index (Phi) is 7.22. The first-order valence-corrected chi connectivity index (χ1v) is 7.21. The predicted molar refractivity (Wildman–Crippen MR) is 85.3 cm³/mol. The maximum Gasteiger partial charge on any atom is 0.235 e. The van der Waals surface area contributed by atoms with Gasteiger partial charge in [-0.1, -0.05) is 27.7 Å². The Labute approximate surface area is 132 Å². The van der Waals surface area contributed by atoms with Gasteiger partial charge in [0.15, 0.2) is 0 Å². The van der Waals surface area contributed by atoms with E-state index < -0.39 is 0 Å². The highest BCUT2D eigenvalue weighted by molar-refractivity contribution is 5.20. The monoisotopic (exact) mass is 304 g/mol. The maximum atomic E-state index is 5.03. The van der Waals surface area contributed by atoms with Crippen LogP contribution in [0.2, 0.25) is 0 Å². The SMILES string of the molecule is COc1nccnc1C(C)C.COc1nccnc1C(C)C. The molecule has 0 aliphatic heterocycles. The van der Waals surface area contributed by atoms with E-state index in [4.69, 9.17) is 9.47 Å². The Morgan fingerprint density at radius 1 is 0.636 bits per heavy atom. The van der Waals surface area contributed by atoms with E-state index in [1.807, 2.05) is 0 Å². The van der Waals surface area contributed by atoms with Crippen molar-refractivity contribution in [1.82, 2.24) is 19.9 Å². The zero-order valence-electron chi connectivity index (χ0n) is 14.1. The van der Waals surface area contributed by atoms with Crippen molar-refractivity contribution in [2.75, 3.05) is 14.2 Å². The van der Waals surface area contributed by atoms with Crippen molar-refractivity contribution in [3.63, 3.8) is 0 Å². The first-order valence-electron chi connectivity index (χ1n) is 7.21. The molecule has 0 aliphatic rings. The lowest BCUT2D eigenvalue weighted by molar-refractivity contribution is 0.386. The lowest BCUT2D eigenvalue weighted by Gasteiger charge is -2.07. The fraction of sp³-hybridized carbons (Fsp3) is 0.500. The molecular weight excluding hydrogens is 280 g/mol. The molecule has 2 aromatic heterocycles. The Morgan fingerprint density at radius 2 is 0.955 bits per heavy atom. The van der Waals surface area contributed by atoms with Crippen molar-refractivity contribution in [3.8, 4) is 11.8 Å². The molecule has 0 saturated heterocycles. The molecule has 0 aromatic carbocycles. The maximum absolute atomic E-state index is 5.03. The summed E-state index contributed by atoms with van der Waals surface area (Å²) in [5, 5.41) is 0. The summed E-state index contributed by atoms with van der Waals surface area (Å²) in [6.07, 6.45) is 6.62. The molecule has 0 bridgehead atoms. The van der Waals surface area contributed by atoms with Crippen molar-refractivity contribution in [2.24, 2.45) is 0 Å². The van der Waals surface area contributed by atoms with Gasteiger partial charge in [0, 0.05) is 36.6 Å². The van der Waals surface area contributed by atoms with Crippen molar-refractivity contribution >= 4 is 0 Å². The first kappa shape index (κ1) is 17.8. The average molecular weight is 304 g/mol. The van der Waals surface area contributed by atoms with Crippen LogP contribution in [-0.2, 0) is 0 Å². The Hall–Kier alpha value is -2.24. The molecule has 2 heterocycles. The van der Waals surface area contributed by atoms with Crippen LogP contribution in [0.1, 0.15) is 50.9 Å². The normalized spacial score (nSPS) is 10.2. The molecule has 0 radical (unpaired) electrons. The molecule has 6 heteroatoms. The van der Waals surface area contributed by atoms with Crippen LogP contribution in [0.25, 0.3) is 0 Å². The largest absolute Gasteiger partial charge is 0.480 e. The molecular formula is C16H24N4O2. The van der Waals surface area contributed by atoms with Gasteiger partial charge < -0.3 is 9.47 Å². The van der Waals surface area contributed by atoms with Gasteiger partial charge in [0.1, 0.15) is 11.4 Å². The van der Waals surface area contributed by atoms with Gasteiger partial charge in [-0.3, -0.25) is 9.97 Å². The molecule has 0 spiro atoms. The molecule has 0 amide bonds. The zero-order valence-corrected chi connectivity index (χ0v) is 14.1. The second-order valence-corrected chi connectivity index (χ2v) is 5.21. The van der Waals surface area contributed by atoms with Crippen LogP contribution < -0.4 is 9.47 Å². The van der Waals surface area contributed by atoms with Gasteiger partial charge >= 0.3 is 0 Å². The lowest BCUT2D eigenvalue weighted by Crippen LogP contribution is -1.99. The van der Waals surface area contributed by atoms with E-state index in [9.17, 15) is 0 Å². The third kappa shape index (κ3) is 4.95. The minimum Gasteiger partial charge on any atom is -0.480 e. The number of aromatic nitrogens is 4. The molecule has 0 aliphatic carbocycles. The molecule has 0 unspecified atom stereocenters. The van der Waals surface area contributed by atoms with E-state index in [0.717, 1.165) is 11.4 Å². The summed E-state index contributed by atoms with van der Waals surface area (Å²) in [7, 11) is 3.21. The standard InChI is InChI=1S/2C8H12N2O/c2*1-6(2)7-8(11-3)10-5-4-9-7/h2*4-6H,1-3H3. The minimum absolute atomic E-state index is 0.360. The molecule has 0 fully saturated rings. The third-order valence-corrected chi connectivity index (χ3v) is 2.86. The van der Waals surface area contributed by atoms with Crippen LogP contribution >= 0.6 is 0 Å². The highest BCUT2D eigenvalue weighted by Gasteiger charge is 2.08. The quantitative estimate of drug-likeness (QED) is 0.863. The fourth-order valence-electron chi connectivity index (χ4n) is 1.78. The van der Waals surface area contributed by atoms with Gasteiger partial charge in [-0.2, -0.15) is 0 Å². The van der Waals surface area contributed by atoms with Crippen molar-refractivity contribution in [2.45, 2.75) is 39.5 Å². The molecule has 0 atom stereocenters. The van der Waals surface area contributed by atoms with Crippen LogP contribution in [0.5, 0.6) is 11.8 Å². The predicted octanol–water partition coefficient (Wildman–Crippen LogP) is 3.22. The second kappa shape index (κ2) is 8.92. The van der Waals surface area contributed by atoms with E-state index in [2.05, 4.69) is 47.6 Å². The van der Waals surface area contributed by atoms with E-state index in [1.54, 1.807) is 39.0 Å². The summed E-state index contributed by atoms with van der Waals surface area (Å²) in [5.41, 5.74) is 1.82. The van der Waals surface area contributed by atoms with Crippen LogP contribution in [0, 0.1) is 0 Å². The molecule has 120 valence electrons. The molecule has 6 nitrogen and oxygen atoms in total. The lowest BCUT2D eigenvalue weighted by atomic mass is 10.1. The topological polar surface area (TPSA) is 70.0 Å². The number of methoxy groups -OCH3 is 2. The van der Waals surface area contributed by atoms with Crippen LogP contribution in [0.4, 0.5) is 0 Å². The van der Waals surface area contributed by atoms with Crippen LogP contribution in [0.15, 0.2) is 24.8 Å². The Balaban J connectivity index is 0.000000220. The molecule has 22 heavy (non-hydrogen) atoms. The van der Waals surface area contributed by atoms with Gasteiger partial charge in [0.25, 0.3) is 0 Å². The third-order valence-electron chi connectivity index (χ3n) is 2.86. The Bertz CT molecular complexity index is 522. The van der Waals surface area contributed by atoms with Gasteiger partial charge in [-0.05, 0) is 0 Å². The number of rotatable bonds is 4. The highest BCUT2D eigenvalue weighted by Crippen LogP contribution is 2.20. The fourth-order valence-corrected chi connectivity index (χ4v) is 1.78. The van der Waals surface area contributed by atoms with Crippen molar-refractivity contribution in [3.05, 3.63) is 36.2 Å². The number of hydrogen-bond acceptors (Lipinski definition) is 6. The van der Waals surface area contributed by atoms with E-state index in [0.29, 0.717) is 23.6 Å². The van der Waals surface area contributed by atoms with Gasteiger partial charge in [0.05, 0.1) is 14.2 Å². The summed E-state index contributed by atoms with van der Waals surface area (Å²) < 4.78 is 10.1.